The summed E-state index contributed by atoms with van der Waals surface area (Å²) in [5, 5.41) is 2.80. The first-order valence-electron chi connectivity index (χ1n) is 5.65. The summed E-state index contributed by atoms with van der Waals surface area (Å²) in [7, 11) is 3.27. The summed E-state index contributed by atoms with van der Waals surface area (Å²) in [4.78, 5) is 19.5. The van der Waals surface area contributed by atoms with Gasteiger partial charge in [0.2, 0.25) is 5.95 Å². The number of hydrogen-bond donors (Lipinski definition) is 2. The monoisotopic (exact) mass is 258 g/mol. The smallest absolute Gasteiger partial charge is 0.267 e. The molecule has 0 saturated carbocycles. The van der Waals surface area contributed by atoms with Crippen LogP contribution in [0.2, 0.25) is 0 Å². The number of methoxy groups -OCH3 is 1. The van der Waals surface area contributed by atoms with E-state index in [1.54, 1.807) is 20.2 Å². The molecule has 1 aromatic heterocycles. The molecular weight excluding hydrogens is 244 g/mol. The number of nitrogens with two attached hydrogens (primary N) is 1. The zero-order valence-corrected chi connectivity index (χ0v) is 10.7. The van der Waals surface area contributed by atoms with E-state index in [0.29, 0.717) is 17.4 Å². The Bertz CT molecular complexity index is 613. The minimum atomic E-state index is -0.594. The standard InChI is InChI=1S/C13H14N4O2/c1-15-13-16-10(7-11(17-13)12(14)18)8-4-3-5-9(6-8)19-2/h3-7H,1-2H3,(H2,14,18)(H,15,16,17). The van der Waals surface area contributed by atoms with Gasteiger partial charge in [0, 0.05) is 12.6 Å². The van der Waals surface area contributed by atoms with Crippen LogP contribution in [0.3, 0.4) is 0 Å². The highest BCUT2D eigenvalue weighted by molar-refractivity contribution is 5.92. The van der Waals surface area contributed by atoms with Crippen molar-refractivity contribution in [1.82, 2.24) is 9.97 Å². The Morgan fingerprint density at radius 2 is 2.11 bits per heavy atom. The van der Waals surface area contributed by atoms with Gasteiger partial charge < -0.3 is 15.8 Å². The molecule has 19 heavy (non-hydrogen) atoms. The fourth-order valence-electron chi connectivity index (χ4n) is 1.62. The third kappa shape index (κ3) is 2.79. The van der Waals surface area contributed by atoms with Crippen molar-refractivity contribution in [2.24, 2.45) is 5.73 Å². The molecule has 0 fully saturated rings. The predicted molar refractivity (Wildman–Crippen MR) is 72.1 cm³/mol. The maximum atomic E-state index is 11.3. The van der Waals surface area contributed by atoms with Crippen molar-refractivity contribution < 1.29 is 9.53 Å². The number of nitrogens with zero attached hydrogens (tertiary/aromatic N) is 2. The lowest BCUT2D eigenvalue weighted by atomic mass is 10.1. The van der Waals surface area contributed by atoms with Crippen LogP contribution in [0.4, 0.5) is 5.95 Å². The van der Waals surface area contributed by atoms with Crippen LogP contribution < -0.4 is 15.8 Å². The highest BCUT2D eigenvalue weighted by Gasteiger charge is 2.10. The second-order valence-corrected chi connectivity index (χ2v) is 3.81. The summed E-state index contributed by atoms with van der Waals surface area (Å²) in [5.41, 5.74) is 6.85. The molecular formula is C13H14N4O2. The van der Waals surface area contributed by atoms with Gasteiger partial charge in [-0.15, -0.1) is 0 Å². The van der Waals surface area contributed by atoms with Crippen LogP contribution in [-0.2, 0) is 0 Å². The summed E-state index contributed by atoms with van der Waals surface area (Å²) < 4.78 is 5.16. The zero-order chi connectivity index (χ0) is 13.8. The maximum absolute atomic E-state index is 11.3. The van der Waals surface area contributed by atoms with Crippen LogP contribution in [0.15, 0.2) is 30.3 Å². The van der Waals surface area contributed by atoms with E-state index in [1.807, 2.05) is 24.3 Å². The third-order valence-corrected chi connectivity index (χ3v) is 2.57. The summed E-state index contributed by atoms with van der Waals surface area (Å²) in [6, 6.07) is 8.93. The molecule has 0 saturated heterocycles. The Balaban J connectivity index is 2.53. The molecule has 0 aliphatic carbocycles. The van der Waals surface area contributed by atoms with Crippen LogP contribution in [0.1, 0.15) is 10.5 Å². The maximum Gasteiger partial charge on any atom is 0.267 e. The van der Waals surface area contributed by atoms with Crippen molar-refractivity contribution >= 4 is 11.9 Å². The van der Waals surface area contributed by atoms with Gasteiger partial charge in [-0.2, -0.15) is 0 Å². The van der Waals surface area contributed by atoms with E-state index in [9.17, 15) is 4.79 Å². The number of nitrogens with one attached hydrogen (secondary N) is 1. The second kappa shape index (κ2) is 5.34. The topological polar surface area (TPSA) is 90.1 Å². The number of aromatic nitrogens is 2. The molecule has 0 radical (unpaired) electrons. The van der Waals surface area contributed by atoms with Crippen molar-refractivity contribution in [3.05, 3.63) is 36.0 Å². The lowest BCUT2D eigenvalue weighted by molar-refractivity contribution is 0.0995. The van der Waals surface area contributed by atoms with E-state index in [4.69, 9.17) is 10.5 Å². The molecule has 0 aliphatic rings. The van der Waals surface area contributed by atoms with Crippen molar-refractivity contribution in [1.29, 1.82) is 0 Å². The van der Waals surface area contributed by atoms with Crippen molar-refractivity contribution in [2.75, 3.05) is 19.5 Å². The summed E-state index contributed by atoms with van der Waals surface area (Å²) in [6.45, 7) is 0. The minimum absolute atomic E-state index is 0.164. The zero-order valence-electron chi connectivity index (χ0n) is 10.7. The molecule has 2 aromatic rings. The number of benzene rings is 1. The summed E-state index contributed by atoms with van der Waals surface area (Å²) >= 11 is 0. The first-order valence-corrected chi connectivity index (χ1v) is 5.65. The summed E-state index contributed by atoms with van der Waals surface area (Å²) in [6.07, 6.45) is 0. The fourth-order valence-corrected chi connectivity index (χ4v) is 1.62. The first kappa shape index (κ1) is 12.8. The average Bonchev–Trinajstić information content (AvgIpc) is 2.46. The number of hydrogen-bond acceptors (Lipinski definition) is 5. The molecule has 0 atom stereocenters. The quantitative estimate of drug-likeness (QED) is 0.862. The highest BCUT2D eigenvalue weighted by Crippen LogP contribution is 2.23. The molecule has 98 valence electrons. The molecule has 0 unspecified atom stereocenters. The molecule has 3 N–H and O–H groups in total. The van der Waals surface area contributed by atoms with Gasteiger partial charge in [-0.25, -0.2) is 9.97 Å². The Hall–Kier alpha value is -2.63. The Kier molecular flexibility index (Phi) is 3.61. The van der Waals surface area contributed by atoms with Gasteiger partial charge in [-0.3, -0.25) is 4.79 Å². The van der Waals surface area contributed by atoms with Crippen LogP contribution in [-0.4, -0.2) is 30.0 Å². The van der Waals surface area contributed by atoms with Gasteiger partial charge in [0.1, 0.15) is 11.4 Å². The van der Waals surface area contributed by atoms with Gasteiger partial charge >= 0.3 is 0 Å². The molecule has 0 bridgehead atoms. The largest absolute Gasteiger partial charge is 0.497 e. The van der Waals surface area contributed by atoms with E-state index in [0.717, 1.165) is 5.56 Å². The van der Waals surface area contributed by atoms with Crippen LogP contribution in [0, 0.1) is 0 Å². The number of carbonyl (C=O) groups excluding carboxylic acids is 1. The van der Waals surface area contributed by atoms with E-state index >= 15 is 0 Å². The van der Waals surface area contributed by atoms with Crippen molar-refractivity contribution in [2.45, 2.75) is 0 Å². The van der Waals surface area contributed by atoms with Crippen LogP contribution in [0.25, 0.3) is 11.3 Å². The molecule has 1 amide bonds. The van der Waals surface area contributed by atoms with E-state index < -0.39 is 5.91 Å². The van der Waals surface area contributed by atoms with Crippen molar-refractivity contribution in [3.63, 3.8) is 0 Å². The SMILES string of the molecule is CNc1nc(C(N)=O)cc(-c2cccc(OC)c2)n1. The van der Waals surface area contributed by atoms with Crippen LogP contribution in [0.5, 0.6) is 5.75 Å². The number of primary amides is 1. The predicted octanol–water partition coefficient (Wildman–Crippen LogP) is 1.29. The molecule has 0 aliphatic heterocycles. The number of ether oxygens (including phenoxy) is 1. The number of amides is 1. The van der Waals surface area contributed by atoms with E-state index in [2.05, 4.69) is 15.3 Å². The summed E-state index contributed by atoms with van der Waals surface area (Å²) in [5.74, 6) is 0.458. The van der Waals surface area contributed by atoms with Crippen molar-refractivity contribution in [3.8, 4) is 17.0 Å². The molecule has 6 nitrogen and oxygen atoms in total. The van der Waals surface area contributed by atoms with Gasteiger partial charge in [-0.1, -0.05) is 12.1 Å². The van der Waals surface area contributed by atoms with Gasteiger partial charge in [0.25, 0.3) is 5.91 Å². The highest BCUT2D eigenvalue weighted by atomic mass is 16.5. The van der Waals surface area contributed by atoms with Gasteiger partial charge in [0.05, 0.1) is 12.8 Å². The van der Waals surface area contributed by atoms with Gasteiger partial charge in [0.15, 0.2) is 0 Å². The minimum Gasteiger partial charge on any atom is -0.497 e. The molecule has 6 heteroatoms. The normalized spacial score (nSPS) is 10.0. The third-order valence-electron chi connectivity index (χ3n) is 2.57. The molecule has 2 rings (SSSR count). The lowest BCUT2D eigenvalue weighted by Gasteiger charge is -2.07. The van der Waals surface area contributed by atoms with E-state index in [-0.39, 0.29) is 5.69 Å². The Morgan fingerprint density at radius 1 is 1.32 bits per heavy atom. The number of carbonyl (C=O) groups is 1. The number of rotatable bonds is 4. The lowest BCUT2D eigenvalue weighted by Crippen LogP contribution is -2.15. The fraction of sp³-hybridized carbons (Fsp3) is 0.154. The average molecular weight is 258 g/mol. The Labute approximate surface area is 110 Å². The first-order chi connectivity index (χ1) is 9.13. The van der Waals surface area contributed by atoms with E-state index in [1.165, 1.54) is 0 Å². The van der Waals surface area contributed by atoms with Crippen LogP contribution >= 0.6 is 0 Å². The van der Waals surface area contributed by atoms with Gasteiger partial charge in [-0.05, 0) is 18.2 Å². The second-order valence-electron chi connectivity index (χ2n) is 3.81. The molecule has 0 spiro atoms. The molecule has 1 aromatic carbocycles. The number of anilines is 1. The Morgan fingerprint density at radius 3 is 2.74 bits per heavy atom. The molecule has 1 heterocycles.